The van der Waals surface area contributed by atoms with Crippen molar-refractivity contribution in [1.29, 1.82) is 0 Å². The summed E-state index contributed by atoms with van der Waals surface area (Å²) in [6, 6.07) is 0. The van der Waals surface area contributed by atoms with Crippen LogP contribution in [-0.4, -0.2) is 37.1 Å². The summed E-state index contributed by atoms with van der Waals surface area (Å²) in [4.78, 5) is 0. The lowest BCUT2D eigenvalue weighted by atomic mass is 9.88. The fraction of sp³-hybridized carbons (Fsp3) is 0.923. The van der Waals surface area contributed by atoms with Gasteiger partial charge in [-0.05, 0) is 31.0 Å². The molecule has 1 rings (SSSR count). The maximum Gasteiger partial charge on any atom is 0.192 e. The fourth-order valence-electron chi connectivity index (χ4n) is 2.10. The lowest BCUT2D eigenvalue weighted by molar-refractivity contribution is 0.193. The maximum atomic E-state index is 9.47. The van der Waals surface area contributed by atoms with Crippen LogP contribution in [0.1, 0.15) is 40.5 Å². The number of oxime groups is 1. The van der Waals surface area contributed by atoms with Crippen LogP contribution in [0.3, 0.4) is 0 Å². The van der Waals surface area contributed by atoms with Crippen molar-refractivity contribution in [1.82, 2.24) is 0 Å². The van der Waals surface area contributed by atoms with Crippen LogP contribution in [0.2, 0.25) is 18.1 Å². The summed E-state index contributed by atoms with van der Waals surface area (Å²) >= 11 is 0. The molecule has 2 N–H and O–H groups in total. The van der Waals surface area contributed by atoms with Crippen LogP contribution >= 0.6 is 0 Å². The Balaban J connectivity index is 2.88. The first-order valence-electron chi connectivity index (χ1n) is 6.58. The van der Waals surface area contributed by atoms with Crippen molar-refractivity contribution in [2.75, 3.05) is 6.61 Å². The van der Waals surface area contributed by atoms with Crippen LogP contribution in [0.15, 0.2) is 5.16 Å². The van der Waals surface area contributed by atoms with Gasteiger partial charge in [-0.25, -0.2) is 0 Å². The summed E-state index contributed by atoms with van der Waals surface area (Å²) in [5.74, 6) is 0. The molecule has 106 valence electrons. The van der Waals surface area contributed by atoms with Gasteiger partial charge in [0.1, 0.15) is 0 Å². The molecule has 0 amide bonds. The second kappa shape index (κ2) is 4.94. The Morgan fingerprint density at radius 2 is 2.00 bits per heavy atom. The third-order valence-corrected chi connectivity index (χ3v) is 9.07. The molecule has 0 bridgehead atoms. The number of nitrogens with zero attached hydrogens (tertiary/aromatic N) is 1. The van der Waals surface area contributed by atoms with Gasteiger partial charge in [-0.2, -0.15) is 0 Å². The van der Waals surface area contributed by atoms with Gasteiger partial charge in [0.15, 0.2) is 8.32 Å². The van der Waals surface area contributed by atoms with E-state index in [2.05, 4.69) is 39.0 Å². The molecule has 0 heterocycles. The molecule has 5 heteroatoms. The predicted octanol–water partition coefficient (Wildman–Crippen LogP) is 3.00. The normalized spacial score (nSPS) is 32.2. The smallest absolute Gasteiger partial charge is 0.192 e. The van der Waals surface area contributed by atoms with E-state index in [1.54, 1.807) is 0 Å². The standard InChI is InChI=1S/C13H27NO3Si/c1-12(2,3)18(5,6)17-10-7-8-13(4,9-15)11(10)14-16/h10,15-16H,7-9H2,1-6H3/t10-,13+/m0/s1. The summed E-state index contributed by atoms with van der Waals surface area (Å²) < 4.78 is 6.30. The molecule has 0 saturated heterocycles. The molecule has 0 aromatic rings. The van der Waals surface area contributed by atoms with E-state index in [0.29, 0.717) is 5.71 Å². The van der Waals surface area contributed by atoms with E-state index in [9.17, 15) is 10.3 Å². The minimum Gasteiger partial charge on any atom is -0.411 e. The van der Waals surface area contributed by atoms with Gasteiger partial charge < -0.3 is 14.7 Å². The number of rotatable bonds is 3. The molecule has 1 aliphatic rings. The maximum absolute atomic E-state index is 9.47. The van der Waals surface area contributed by atoms with Crippen LogP contribution < -0.4 is 0 Å². The zero-order valence-corrected chi connectivity index (χ0v) is 13.4. The van der Waals surface area contributed by atoms with E-state index < -0.39 is 13.7 Å². The van der Waals surface area contributed by atoms with E-state index >= 15 is 0 Å². The van der Waals surface area contributed by atoms with Gasteiger partial charge >= 0.3 is 0 Å². The summed E-state index contributed by atoms with van der Waals surface area (Å²) in [5, 5.41) is 22.2. The highest BCUT2D eigenvalue weighted by atomic mass is 28.4. The highest BCUT2D eigenvalue weighted by Crippen LogP contribution is 2.42. The Bertz CT molecular complexity index is 336. The van der Waals surface area contributed by atoms with E-state index in [0.717, 1.165) is 12.8 Å². The first kappa shape index (κ1) is 15.7. The van der Waals surface area contributed by atoms with Crippen LogP contribution in [0.25, 0.3) is 0 Å². The number of hydrogen-bond donors (Lipinski definition) is 2. The molecule has 2 atom stereocenters. The van der Waals surface area contributed by atoms with Gasteiger partial charge in [0.25, 0.3) is 0 Å². The molecule has 18 heavy (non-hydrogen) atoms. The number of aliphatic hydroxyl groups is 1. The molecule has 0 aliphatic heterocycles. The molecule has 0 unspecified atom stereocenters. The first-order valence-corrected chi connectivity index (χ1v) is 9.49. The number of hydrogen-bond acceptors (Lipinski definition) is 4. The van der Waals surface area contributed by atoms with Gasteiger partial charge in [-0.3, -0.25) is 0 Å². The molecular formula is C13H27NO3Si. The van der Waals surface area contributed by atoms with Crippen LogP contribution in [0, 0.1) is 5.41 Å². The van der Waals surface area contributed by atoms with E-state index in [-0.39, 0.29) is 17.7 Å². The topological polar surface area (TPSA) is 62.0 Å². The summed E-state index contributed by atoms with van der Waals surface area (Å²) in [7, 11) is -1.88. The SMILES string of the molecule is CC(C)(C)[Si](C)(C)O[C@H]1CC[C@](C)(CO)C1=NO. The van der Waals surface area contributed by atoms with Gasteiger partial charge in [0.2, 0.25) is 0 Å². The van der Waals surface area contributed by atoms with Crippen molar-refractivity contribution in [3.05, 3.63) is 0 Å². The third-order valence-electron chi connectivity index (χ3n) is 4.58. The average molecular weight is 273 g/mol. The summed E-state index contributed by atoms with van der Waals surface area (Å²) in [6.07, 6.45) is 1.48. The molecule has 0 aromatic carbocycles. The van der Waals surface area contributed by atoms with E-state index in [1.165, 1.54) is 0 Å². The first-order chi connectivity index (χ1) is 8.07. The molecule has 0 radical (unpaired) electrons. The quantitative estimate of drug-likeness (QED) is 0.472. The molecule has 1 fully saturated rings. The second-order valence-electron chi connectivity index (χ2n) is 7.11. The van der Waals surface area contributed by atoms with Crippen molar-refractivity contribution in [3.63, 3.8) is 0 Å². The fourth-order valence-corrected chi connectivity index (χ4v) is 3.39. The monoisotopic (exact) mass is 273 g/mol. The molecule has 0 aromatic heterocycles. The van der Waals surface area contributed by atoms with E-state index in [4.69, 9.17) is 4.43 Å². The average Bonchev–Trinajstić information content (AvgIpc) is 2.54. The zero-order chi connectivity index (χ0) is 14.2. The molecule has 1 saturated carbocycles. The molecule has 4 nitrogen and oxygen atoms in total. The Kier molecular flexibility index (Phi) is 4.30. The minimum atomic E-state index is -1.88. The van der Waals surface area contributed by atoms with Crippen molar-refractivity contribution in [2.24, 2.45) is 10.6 Å². The van der Waals surface area contributed by atoms with Gasteiger partial charge in [-0.15, -0.1) is 0 Å². The predicted molar refractivity (Wildman–Crippen MR) is 75.7 cm³/mol. The lowest BCUT2D eigenvalue weighted by Crippen LogP contribution is -2.46. The highest BCUT2D eigenvalue weighted by molar-refractivity contribution is 6.74. The second-order valence-corrected chi connectivity index (χ2v) is 11.9. The van der Waals surface area contributed by atoms with Crippen molar-refractivity contribution in [3.8, 4) is 0 Å². The Morgan fingerprint density at radius 3 is 2.39 bits per heavy atom. The Morgan fingerprint density at radius 1 is 1.44 bits per heavy atom. The van der Waals surface area contributed by atoms with Crippen LogP contribution in [0.5, 0.6) is 0 Å². The zero-order valence-electron chi connectivity index (χ0n) is 12.4. The van der Waals surface area contributed by atoms with E-state index in [1.807, 2.05) is 6.92 Å². The van der Waals surface area contributed by atoms with Crippen molar-refractivity contribution < 1.29 is 14.7 Å². The van der Waals surface area contributed by atoms with Gasteiger partial charge in [0.05, 0.1) is 18.4 Å². The lowest BCUT2D eigenvalue weighted by Gasteiger charge is -2.38. The molecule has 1 aliphatic carbocycles. The van der Waals surface area contributed by atoms with Crippen molar-refractivity contribution >= 4 is 14.0 Å². The largest absolute Gasteiger partial charge is 0.411 e. The minimum absolute atomic E-state index is 0.00373. The summed E-state index contributed by atoms with van der Waals surface area (Å²) in [5.41, 5.74) is 0.178. The molecular weight excluding hydrogens is 246 g/mol. The van der Waals surface area contributed by atoms with Gasteiger partial charge in [-0.1, -0.05) is 32.9 Å². The van der Waals surface area contributed by atoms with Crippen LogP contribution in [-0.2, 0) is 4.43 Å². The van der Waals surface area contributed by atoms with Crippen molar-refractivity contribution in [2.45, 2.75) is 64.8 Å². The van der Waals surface area contributed by atoms with Crippen LogP contribution in [0.4, 0.5) is 0 Å². The highest BCUT2D eigenvalue weighted by Gasteiger charge is 2.47. The summed E-state index contributed by atoms with van der Waals surface area (Å²) in [6.45, 7) is 12.9. The molecule has 0 spiro atoms. The Hall–Kier alpha value is -0.393. The Labute approximate surface area is 111 Å². The number of aliphatic hydroxyl groups excluding tert-OH is 1. The van der Waals surface area contributed by atoms with Gasteiger partial charge in [0, 0.05) is 5.41 Å². The third kappa shape index (κ3) is 2.78.